The minimum absolute atomic E-state index is 0.143. The predicted octanol–water partition coefficient (Wildman–Crippen LogP) is 3.60. The number of rotatable bonds is 5. The second kappa shape index (κ2) is 6.43. The molecule has 0 aliphatic heterocycles. The van der Waals surface area contributed by atoms with Crippen LogP contribution in [-0.4, -0.2) is 24.4 Å². The van der Waals surface area contributed by atoms with Crippen LogP contribution < -0.4 is 10.1 Å². The molecule has 0 atom stereocenters. The zero-order valence-corrected chi connectivity index (χ0v) is 13.1. The lowest BCUT2D eigenvalue weighted by Gasteiger charge is -2.25. The molecule has 0 spiro atoms. The number of nitrogens with one attached hydrogen (secondary N) is 1. The predicted molar refractivity (Wildman–Crippen MR) is 77.6 cm³/mol. The first-order valence-corrected chi connectivity index (χ1v) is 6.94. The SMILES string of the molecule is COc1ccc(Br)c(C(=O)NC(C)(C)CCCl)c1. The summed E-state index contributed by atoms with van der Waals surface area (Å²) in [6, 6.07) is 5.29. The fraction of sp³-hybridized carbons (Fsp3) is 0.462. The Morgan fingerprint density at radius 3 is 2.72 bits per heavy atom. The first-order chi connectivity index (χ1) is 8.39. The lowest BCUT2D eigenvalue weighted by atomic mass is 10.0. The summed E-state index contributed by atoms with van der Waals surface area (Å²) in [5.41, 5.74) is 0.221. The van der Waals surface area contributed by atoms with Crippen LogP contribution in [0.15, 0.2) is 22.7 Å². The molecule has 0 heterocycles. The van der Waals surface area contributed by atoms with Gasteiger partial charge < -0.3 is 10.1 Å². The Morgan fingerprint density at radius 1 is 1.50 bits per heavy atom. The van der Waals surface area contributed by atoms with Gasteiger partial charge in [-0.1, -0.05) is 0 Å². The van der Waals surface area contributed by atoms with Crippen LogP contribution in [0.3, 0.4) is 0 Å². The largest absolute Gasteiger partial charge is 0.497 e. The van der Waals surface area contributed by atoms with E-state index in [2.05, 4.69) is 21.2 Å². The zero-order valence-electron chi connectivity index (χ0n) is 10.7. The van der Waals surface area contributed by atoms with Crippen molar-refractivity contribution in [2.45, 2.75) is 25.8 Å². The van der Waals surface area contributed by atoms with Crippen LogP contribution >= 0.6 is 27.5 Å². The molecular weight excluding hydrogens is 318 g/mol. The highest BCUT2D eigenvalue weighted by Gasteiger charge is 2.21. The highest BCUT2D eigenvalue weighted by Crippen LogP contribution is 2.23. The molecule has 0 unspecified atom stereocenters. The first kappa shape index (κ1) is 15.3. The van der Waals surface area contributed by atoms with Crippen LogP contribution in [0.4, 0.5) is 0 Å². The second-order valence-electron chi connectivity index (χ2n) is 4.62. The summed E-state index contributed by atoms with van der Waals surface area (Å²) >= 11 is 9.08. The first-order valence-electron chi connectivity index (χ1n) is 5.61. The third kappa shape index (κ3) is 4.18. The highest BCUT2D eigenvalue weighted by atomic mass is 79.9. The van der Waals surface area contributed by atoms with Crippen molar-refractivity contribution < 1.29 is 9.53 Å². The third-order valence-corrected chi connectivity index (χ3v) is 3.47. The van der Waals surface area contributed by atoms with Crippen LogP contribution in [0.1, 0.15) is 30.6 Å². The topological polar surface area (TPSA) is 38.3 Å². The van der Waals surface area contributed by atoms with Crippen molar-refractivity contribution >= 4 is 33.4 Å². The van der Waals surface area contributed by atoms with Crippen LogP contribution in [-0.2, 0) is 0 Å². The molecule has 1 rings (SSSR count). The Morgan fingerprint density at radius 2 is 2.17 bits per heavy atom. The normalized spacial score (nSPS) is 11.2. The summed E-state index contributed by atoms with van der Waals surface area (Å²) in [7, 11) is 1.57. The smallest absolute Gasteiger partial charge is 0.252 e. The molecule has 0 aliphatic rings. The van der Waals surface area contributed by atoms with E-state index >= 15 is 0 Å². The number of alkyl halides is 1. The van der Waals surface area contributed by atoms with E-state index in [-0.39, 0.29) is 11.4 Å². The molecule has 1 amide bonds. The standard InChI is InChI=1S/C13H17BrClNO2/c1-13(2,6-7-15)16-12(17)10-8-9(18-3)4-5-11(10)14/h4-5,8H,6-7H2,1-3H3,(H,16,17). The van der Waals surface area contributed by atoms with Gasteiger partial charge in [-0.15, -0.1) is 11.6 Å². The van der Waals surface area contributed by atoms with Crippen molar-refractivity contribution in [2.24, 2.45) is 0 Å². The average molecular weight is 335 g/mol. The molecule has 0 aromatic heterocycles. The number of ether oxygens (including phenoxy) is 1. The van der Waals surface area contributed by atoms with Gasteiger partial charge in [-0.3, -0.25) is 4.79 Å². The van der Waals surface area contributed by atoms with Gasteiger partial charge in [0.15, 0.2) is 0 Å². The quantitative estimate of drug-likeness (QED) is 0.836. The molecule has 18 heavy (non-hydrogen) atoms. The van der Waals surface area contributed by atoms with E-state index in [9.17, 15) is 4.79 Å². The maximum absolute atomic E-state index is 12.2. The lowest BCUT2D eigenvalue weighted by molar-refractivity contribution is 0.0910. The number of hydrogen-bond donors (Lipinski definition) is 1. The third-order valence-electron chi connectivity index (χ3n) is 2.59. The van der Waals surface area contributed by atoms with Gasteiger partial charge in [0.2, 0.25) is 0 Å². The Hall–Kier alpha value is -0.740. The highest BCUT2D eigenvalue weighted by molar-refractivity contribution is 9.10. The molecule has 0 bridgehead atoms. The molecule has 0 saturated carbocycles. The molecule has 1 aromatic carbocycles. The summed E-state index contributed by atoms with van der Waals surface area (Å²) in [5.74, 6) is 1.02. The Balaban J connectivity index is 2.90. The molecule has 0 radical (unpaired) electrons. The zero-order chi connectivity index (χ0) is 13.8. The number of methoxy groups -OCH3 is 1. The van der Waals surface area contributed by atoms with Gasteiger partial charge in [-0.05, 0) is 54.4 Å². The van der Waals surface area contributed by atoms with Crippen LogP contribution in [0.2, 0.25) is 0 Å². The Labute approximate surface area is 121 Å². The average Bonchev–Trinajstić information content (AvgIpc) is 2.28. The van der Waals surface area contributed by atoms with Gasteiger partial charge in [-0.2, -0.15) is 0 Å². The summed E-state index contributed by atoms with van der Waals surface area (Å²) in [5, 5.41) is 2.96. The Bertz CT molecular complexity index is 435. The van der Waals surface area contributed by atoms with E-state index in [0.717, 1.165) is 4.47 Å². The van der Waals surface area contributed by atoms with Gasteiger partial charge in [0, 0.05) is 15.9 Å². The van der Waals surface area contributed by atoms with Crippen molar-refractivity contribution in [1.82, 2.24) is 5.32 Å². The molecule has 100 valence electrons. The molecular formula is C13H17BrClNO2. The van der Waals surface area contributed by atoms with E-state index < -0.39 is 0 Å². The van der Waals surface area contributed by atoms with Crippen molar-refractivity contribution in [1.29, 1.82) is 0 Å². The van der Waals surface area contributed by atoms with Crippen molar-refractivity contribution in [3.8, 4) is 5.75 Å². The summed E-state index contributed by atoms with van der Waals surface area (Å²) in [4.78, 5) is 12.2. The maximum Gasteiger partial charge on any atom is 0.252 e. The van der Waals surface area contributed by atoms with E-state index in [1.807, 2.05) is 13.8 Å². The number of carbonyl (C=O) groups excluding carboxylic acids is 1. The van der Waals surface area contributed by atoms with Crippen LogP contribution in [0.5, 0.6) is 5.75 Å². The van der Waals surface area contributed by atoms with E-state index in [1.165, 1.54) is 0 Å². The minimum Gasteiger partial charge on any atom is -0.497 e. The van der Waals surface area contributed by atoms with Crippen LogP contribution in [0, 0.1) is 0 Å². The molecule has 0 saturated heterocycles. The lowest BCUT2D eigenvalue weighted by Crippen LogP contribution is -2.43. The maximum atomic E-state index is 12.2. The van der Waals surface area contributed by atoms with Gasteiger partial charge >= 0.3 is 0 Å². The monoisotopic (exact) mass is 333 g/mol. The summed E-state index contributed by atoms with van der Waals surface area (Å²) in [6.07, 6.45) is 0.710. The molecule has 3 nitrogen and oxygen atoms in total. The summed E-state index contributed by atoms with van der Waals surface area (Å²) in [6.45, 7) is 3.89. The van der Waals surface area contributed by atoms with E-state index in [1.54, 1.807) is 25.3 Å². The van der Waals surface area contributed by atoms with Crippen LogP contribution in [0.25, 0.3) is 0 Å². The van der Waals surface area contributed by atoms with E-state index in [0.29, 0.717) is 23.6 Å². The summed E-state index contributed by atoms with van der Waals surface area (Å²) < 4.78 is 5.85. The molecule has 1 aromatic rings. The van der Waals surface area contributed by atoms with Gasteiger partial charge in [-0.25, -0.2) is 0 Å². The van der Waals surface area contributed by atoms with Gasteiger partial charge in [0.25, 0.3) is 5.91 Å². The molecule has 1 N–H and O–H groups in total. The van der Waals surface area contributed by atoms with E-state index in [4.69, 9.17) is 16.3 Å². The number of halogens is 2. The fourth-order valence-corrected chi connectivity index (χ4v) is 2.38. The number of hydrogen-bond acceptors (Lipinski definition) is 2. The second-order valence-corrected chi connectivity index (χ2v) is 5.86. The number of benzene rings is 1. The fourth-order valence-electron chi connectivity index (χ4n) is 1.48. The van der Waals surface area contributed by atoms with Crippen molar-refractivity contribution in [2.75, 3.05) is 13.0 Å². The van der Waals surface area contributed by atoms with Gasteiger partial charge in [0.1, 0.15) is 5.75 Å². The van der Waals surface area contributed by atoms with Crippen molar-refractivity contribution in [3.05, 3.63) is 28.2 Å². The van der Waals surface area contributed by atoms with Gasteiger partial charge in [0.05, 0.1) is 12.7 Å². The minimum atomic E-state index is -0.332. The Kier molecular flexibility index (Phi) is 5.47. The number of carbonyl (C=O) groups is 1. The molecule has 5 heteroatoms. The molecule has 0 fully saturated rings. The molecule has 0 aliphatic carbocycles. The number of amides is 1. The van der Waals surface area contributed by atoms with Crippen molar-refractivity contribution in [3.63, 3.8) is 0 Å².